The van der Waals surface area contributed by atoms with Crippen LogP contribution in [0.3, 0.4) is 0 Å². The van der Waals surface area contributed by atoms with E-state index in [0.29, 0.717) is 38.5 Å². The topological polar surface area (TPSA) is 62.1 Å². The number of nitriles is 1. The normalized spacial score (nSPS) is 11.0. The molecule has 1 N–H and O–H groups in total. The molecule has 0 radical (unpaired) electrons. The molecular formula is C27H21BrClFN2O2. The second-order valence-electron chi connectivity index (χ2n) is 7.45. The Balaban J connectivity index is 1.86. The molecule has 0 aromatic heterocycles. The largest absolute Gasteiger partial charge is 0.487 e. The van der Waals surface area contributed by atoms with Crippen molar-refractivity contribution in [2.45, 2.75) is 20.0 Å². The van der Waals surface area contributed by atoms with E-state index in [0.717, 1.165) is 11.1 Å². The number of hydrogen-bond donors (Lipinski definition) is 1. The summed E-state index contributed by atoms with van der Waals surface area (Å²) in [5, 5.41) is 12.8. The zero-order valence-electron chi connectivity index (χ0n) is 18.4. The lowest BCUT2D eigenvalue weighted by Gasteiger charge is -2.14. The van der Waals surface area contributed by atoms with E-state index in [4.69, 9.17) is 16.3 Å². The van der Waals surface area contributed by atoms with Crippen molar-refractivity contribution in [1.29, 1.82) is 5.26 Å². The molecule has 0 saturated carbocycles. The van der Waals surface area contributed by atoms with E-state index in [1.807, 2.05) is 13.0 Å². The maximum atomic E-state index is 14.0. The number of hydrogen-bond acceptors (Lipinski definition) is 3. The van der Waals surface area contributed by atoms with Crippen LogP contribution in [0, 0.1) is 24.1 Å². The lowest BCUT2D eigenvalue weighted by Crippen LogP contribution is -2.13. The molecular weight excluding hydrogens is 519 g/mol. The summed E-state index contributed by atoms with van der Waals surface area (Å²) in [6.07, 6.45) is 3.68. The fourth-order valence-corrected chi connectivity index (χ4v) is 3.99. The third kappa shape index (κ3) is 6.34. The smallest absolute Gasteiger partial charge is 0.266 e. The molecule has 0 aliphatic rings. The number of carbonyl (C=O) groups is 1. The van der Waals surface area contributed by atoms with Crippen LogP contribution >= 0.6 is 27.5 Å². The molecule has 0 aliphatic heterocycles. The van der Waals surface area contributed by atoms with Gasteiger partial charge >= 0.3 is 0 Å². The first kappa shape index (κ1) is 25.2. The van der Waals surface area contributed by atoms with Crippen LogP contribution in [-0.2, 0) is 17.8 Å². The Kier molecular flexibility index (Phi) is 8.64. The van der Waals surface area contributed by atoms with E-state index in [1.54, 1.807) is 54.6 Å². The molecule has 3 rings (SSSR count). The highest BCUT2D eigenvalue weighted by atomic mass is 79.9. The van der Waals surface area contributed by atoms with Crippen LogP contribution in [-0.4, -0.2) is 5.91 Å². The lowest BCUT2D eigenvalue weighted by molar-refractivity contribution is -0.112. The number of halogens is 3. The number of carbonyl (C=O) groups excluding carboxylic acids is 1. The number of rotatable bonds is 8. The van der Waals surface area contributed by atoms with Gasteiger partial charge in [0.1, 0.15) is 29.8 Å². The van der Waals surface area contributed by atoms with Gasteiger partial charge in [-0.05, 0) is 82.4 Å². The molecule has 0 saturated heterocycles. The zero-order chi connectivity index (χ0) is 24.7. The summed E-state index contributed by atoms with van der Waals surface area (Å²) >= 11 is 9.61. The summed E-state index contributed by atoms with van der Waals surface area (Å²) < 4.78 is 20.5. The van der Waals surface area contributed by atoms with Gasteiger partial charge in [-0.25, -0.2) is 4.39 Å². The van der Waals surface area contributed by atoms with Crippen molar-refractivity contribution < 1.29 is 13.9 Å². The Morgan fingerprint density at radius 1 is 1.24 bits per heavy atom. The van der Waals surface area contributed by atoms with E-state index in [2.05, 4.69) is 27.8 Å². The first-order valence-electron chi connectivity index (χ1n) is 10.3. The van der Waals surface area contributed by atoms with Crippen molar-refractivity contribution in [2.24, 2.45) is 0 Å². The molecule has 0 spiro atoms. The minimum atomic E-state index is -0.552. The van der Waals surface area contributed by atoms with Gasteiger partial charge in [-0.2, -0.15) is 5.26 Å². The molecule has 7 heteroatoms. The minimum absolute atomic E-state index is 0.0512. The molecule has 172 valence electrons. The van der Waals surface area contributed by atoms with Crippen molar-refractivity contribution in [3.63, 3.8) is 0 Å². The van der Waals surface area contributed by atoms with Crippen molar-refractivity contribution >= 4 is 45.2 Å². The van der Waals surface area contributed by atoms with Gasteiger partial charge in [0.25, 0.3) is 5.91 Å². The summed E-state index contributed by atoms with van der Waals surface area (Å²) in [5.74, 6) is -0.357. The van der Waals surface area contributed by atoms with Crippen molar-refractivity contribution in [3.05, 3.63) is 110 Å². The molecule has 3 aromatic rings. The van der Waals surface area contributed by atoms with Gasteiger partial charge in [0.15, 0.2) is 0 Å². The quantitative estimate of drug-likeness (QED) is 0.184. The molecule has 0 fully saturated rings. The highest BCUT2D eigenvalue weighted by molar-refractivity contribution is 9.10. The Bertz CT molecular complexity index is 1310. The van der Waals surface area contributed by atoms with E-state index in [9.17, 15) is 14.4 Å². The average molecular weight is 540 g/mol. The predicted molar refractivity (Wildman–Crippen MR) is 137 cm³/mol. The standard InChI is InChI=1S/C27H21BrClFN2O2/c1-3-6-19-11-18(13-23(28)26(19)34-16-20-7-4-5-8-25(20)30)12-21(15-31)27(33)32-22-10-9-17(2)24(29)14-22/h3-5,7-14H,1,6,16H2,2H3,(H,32,33)/b21-12-. The van der Waals surface area contributed by atoms with Crippen LogP contribution in [0.25, 0.3) is 6.08 Å². The number of ether oxygens (including phenoxy) is 1. The van der Waals surface area contributed by atoms with E-state index < -0.39 is 5.91 Å². The summed E-state index contributed by atoms with van der Waals surface area (Å²) in [6.45, 7) is 5.69. The van der Waals surface area contributed by atoms with Gasteiger partial charge in [-0.3, -0.25) is 4.79 Å². The van der Waals surface area contributed by atoms with Crippen LogP contribution in [0.2, 0.25) is 5.02 Å². The first-order chi connectivity index (χ1) is 16.3. The SMILES string of the molecule is C=CCc1cc(/C=C(/C#N)C(=O)Nc2ccc(C)c(Cl)c2)cc(Br)c1OCc1ccccc1F. The van der Waals surface area contributed by atoms with Gasteiger partial charge in [-0.1, -0.05) is 41.9 Å². The highest BCUT2D eigenvalue weighted by Crippen LogP contribution is 2.33. The molecule has 0 bridgehead atoms. The summed E-state index contributed by atoms with van der Waals surface area (Å²) in [7, 11) is 0. The first-order valence-corrected chi connectivity index (χ1v) is 11.5. The zero-order valence-corrected chi connectivity index (χ0v) is 20.7. The predicted octanol–water partition coefficient (Wildman–Crippen LogP) is 7.40. The van der Waals surface area contributed by atoms with Crippen LogP contribution in [0.5, 0.6) is 5.75 Å². The number of nitrogens with zero attached hydrogens (tertiary/aromatic N) is 1. The number of allylic oxidation sites excluding steroid dienone is 1. The maximum absolute atomic E-state index is 14.0. The average Bonchev–Trinajstić information content (AvgIpc) is 2.80. The second kappa shape index (κ2) is 11.6. The van der Waals surface area contributed by atoms with Crippen LogP contribution in [0.4, 0.5) is 10.1 Å². The summed E-state index contributed by atoms with van der Waals surface area (Å²) in [4.78, 5) is 12.7. The summed E-state index contributed by atoms with van der Waals surface area (Å²) in [5.41, 5.74) is 3.13. The van der Waals surface area contributed by atoms with Crippen LogP contribution < -0.4 is 10.1 Å². The molecule has 0 aliphatic carbocycles. The van der Waals surface area contributed by atoms with Crippen molar-refractivity contribution in [2.75, 3.05) is 5.32 Å². The van der Waals surface area contributed by atoms with Gasteiger partial charge in [0, 0.05) is 16.3 Å². The van der Waals surface area contributed by atoms with E-state index in [1.165, 1.54) is 12.1 Å². The third-order valence-corrected chi connectivity index (χ3v) is 5.94. The molecule has 4 nitrogen and oxygen atoms in total. The minimum Gasteiger partial charge on any atom is -0.487 e. The molecule has 1 amide bonds. The number of nitrogens with one attached hydrogen (secondary N) is 1. The maximum Gasteiger partial charge on any atom is 0.266 e. The fraction of sp³-hybridized carbons (Fsp3) is 0.111. The number of amides is 1. The van der Waals surface area contributed by atoms with Gasteiger partial charge in [0.2, 0.25) is 0 Å². The lowest BCUT2D eigenvalue weighted by atomic mass is 10.0. The highest BCUT2D eigenvalue weighted by Gasteiger charge is 2.14. The van der Waals surface area contributed by atoms with Crippen molar-refractivity contribution in [3.8, 4) is 11.8 Å². The fourth-order valence-electron chi connectivity index (χ4n) is 3.18. The van der Waals surface area contributed by atoms with E-state index in [-0.39, 0.29) is 18.0 Å². The molecule has 3 aromatic carbocycles. The number of aryl methyl sites for hydroxylation is 1. The number of anilines is 1. The second-order valence-corrected chi connectivity index (χ2v) is 8.71. The monoisotopic (exact) mass is 538 g/mol. The van der Waals surface area contributed by atoms with E-state index >= 15 is 0 Å². The van der Waals surface area contributed by atoms with Gasteiger partial charge in [-0.15, -0.1) is 6.58 Å². The molecule has 34 heavy (non-hydrogen) atoms. The Hall–Kier alpha value is -3.40. The van der Waals surface area contributed by atoms with Crippen LogP contribution in [0.15, 0.2) is 77.3 Å². The summed E-state index contributed by atoms with van der Waals surface area (Å²) in [6, 6.07) is 17.0. The molecule has 0 atom stereocenters. The Morgan fingerprint density at radius 2 is 2.00 bits per heavy atom. The number of benzene rings is 3. The van der Waals surface area contributed by atoms with Crippen molar-refractivity contribution in [1.82, 2.24) is 0 Å². The van der Waals surface area contributed by atoms with Gasteiger partial charge < -0.3 is 10.1 Å². The van der Waals surface area contributed by atoms with Gasteiger partial charge in [0.05, 0.1) is 4.47 Å². The Labute approximate surface area is 211 Å². The molecule has 0 heterocycles. The Morgan fingerprint density at radius 3 is 2.68 bits per heavy atom. The van der Waals surface area contributed by atoms with Crippen LogP contribution in [0.1, 0.15) is 22.3 Å². The molecule has 0 unspecified atom stereocenters. The third-order valence-electron chi connectivity index (χ3n) is 4.94.